The van der Waals surface area contributed by atoms with Crippen LogP contribution in [0.1, 0.15) is 40.7 Å². The Balaban J connectivity index is 1.57. The molecule has 0 bridgehead atoms. The summed E-state index contributed by atoms with van der Waals surface area (Å²) in [6.07, 6.45) is 3.43. The molecule has 4 rings (SSSR count). The lowest BCUT2D eigenvalue weighted by Crippen LogP contribution is -2.31. The molecule has 0 saturated carbocycles. The Morgan fingerprint density at radius 1 is 0.824 bits per heavy atom. The smallest absolute Gasteiger partial charge is 0.323 e. The molecule has 0 aliphatic carbocycles. The van der Waals surface area contributed by atoms with E-state index < -0.39 is 0 Å². The summed E-state index contributed by atoms with van der Waals surface area (Å²) in [7, 11) is 0. The van der Waals surface area contributed by atoms with Gasteiger partial charge in [0, 0.05) is 24.5 Å². The first-order valence-corrected chi connectivity index (χ1v) is 11.9. The van der Waals surface area contributed by atoms with Gasteiger partial charge in [-0.05, 0) is 75.1 Å². The van der Waals surface area contributed by atoms with Gasteiger partial charge in [0.1, 0.15) is 0 Å². The molecule has 3 N–H and O–H groups in total. The van der Waals surface area contributed by atoms with Gasteiger partial charge >= 0.3 is 6.03 Å². The van der Waals surface area contributed by atoms with E-state index in [1.165, 1.54) is 6.42 Å². The number of hydrogen-bond donors (Lipinski definition) is 3. The molecule has 7 heteroatoms. The van der Waals surface area contributed by atoms with Gasteiger partial charge in [-0.25, -0.2) is 4.79 Å². The second-order valence-corrected chi connectivity index (χ2v) is 9.02. The van der Waals surface area contributed by atoms with Gasteiger partial charge in [-0.3, -0.25) is 4.79 Å². The molecule has 3 aromatic carbocycles. The molecule has 1 aliphatic rings. The summed E-state index contributed by atoms with van der Waals surface area (Å²) in [6, 6.07) is 18.1. The Morgan fingerprint density at radius 3 is 2.29 bits per heavy atom. The van der Waals surface area contributed by atoms with Gasteiger partial charge < -0.3 is 20.9 Å². The minimum Gasteiger partial charge on any atom is -0.370 e. The molecule has 1 aliphatic heterocycles. The Bertz CT molecular complexity index is 1200. The fourth-order valence-electron chi connectivity index (χ4n) is 4.20. The number of urea groups is 1. The van der Waals surface area contributed by atoms with Gasteiger partial charge in [0.05, 0.1) is 22.0 Å². The predicted octanol–water partition coefficient (Wildman–Crippen LogP) is 6.84. The van der Waals surface area contributed by atoms with Gasteiger partial charge in [0.25, 0.3) is 5.91 Å². The molecule has 0 spiro atoms. The molecule has 1 fully saturated rings. The van der Waals surface area contributed by atoms with Crippen LogP contribution >= 0.6 is 11.6 Å². The molecule has 3 amide bonds. The minimum absolute atomic E-state index is 0.304. The molecule has 6 nitrogen and oxygen atoms in total. The molecule has 0 aromatic heterocycles. The number of nitrogens with zero attached hydrogens (tertiary/aromatic N) is 1. The van der Waals surface area contributed by atoms with Crippen molar-refractivity contribution in [2.45, 2.75) is 33.1 Å². The van der Waals surface area contributed by atoms with Crippen LogP contribution in [0.2, 0.25) is 5.02 Å². The van der Waals surface area contributed by atoms with Gasteiger partial charge in [0.15, 0.2) is 0 Å². The first-order chi connectivity index (χ1) is 16.4. The van der Waals surface area contributed by atoms with E-state index in [0.29, 0.717) is 22.0 Å². The number of halogens is 1. The summed E-state index contributed by atoms with van der Waals surface area (Å²) >= 11 is 6.18. The molecule has 3 aromatic rings. The van der Waals surface area contributed by atoms with Crippen LogP contribution in [0.5, 0.6) is 0 Å². The lowest BCUT2D eigenvalue weighted by Gasteiger charge is -2.31. The average molecular weight is 477 g/mol. The van der Waals surface area contributed by atoms with Crippen LogP contribution in [0.3, 0.4) is 0 Å². The van der Waals surface area contributed by atoms with Crippen molar-refractivity contribution >= 4 is 46.3 Å². The number of carbonyl (C=O) groups is 2. The van der Waals surface area contributed by atoms with Crippen LogP contribution in [0, 0.1) is 13.8 Å². The van der Waals surface area contributed by atoms with E-state index in [4.69, 9.17) is 11.6 Å². The Hall–Kier alpha value is -3.51. The van der Waals surface area contributed by atoms with E-state index in [2.05, 4.69) is 20.9 Å². The summed E-state index contributed by atoms with van der Waals surface area (Å²) in [5.41, 5.74) is 5.43. The molecular weight excluding hydrogens is 448 g/mol. The summed E-state index contributed by atoms with van der Waals surface area (Å²) in [6.45, 7) is 5.84. The maximum absolute atomic E-state index is 12.9. The van der Waals surface area contributed by atoms with E-state index in [1.807, 2.05) is 44.2 Å². The fraction of sp³-hybridized carbons (Fsp3) is 0.259. The van der Waals surface area contributed by atoms with Crippen LogP contribution in [-0.4, -0.2) is 25.0 Å². The number of amides is 3. The van der Waals surface area contributed by atoms with E-state index in [-0.39, 0.29) is 11.9 Å². The Labute approximate surface area is 205 Å². The molecule has 176 valence electrons. The van der Waals surface area contributed by atoms with Crippen molar-refractivity contribution in [2.24, 2.45) is 0 Å². The van der Waals surface area contributed by atoms with Crippen molar-refractivity contribution in [1.82, 2.24) is 0 Å². The monoisotopic (exact) mass is 476 g/mol. The number of anilines is 4. The van der Waals surface area contributed by atoms with Crippen molar-refractivity contribution in [3.63, 3.8) is 0 Å². The normalized spacial score (nSPS) is 13.3. The third-order valence-corrected chi connectivity index (χ3v) is 6.28. The van der Waals surface area contributed by atoms with Crippen molar-refractivity contribution in [1.29, 1.82) is 0 Å². The summed E-state index contributed by atoms with van der Waals surface area (Å²) in [4.78, 5) is 27.9. The fourth-order valence-corrected chi connectivity index (χ4v) is 4.42. The molecule has 34 heavy (non-hydrogen) atoms. The van der Waals surface area contributed by atoms with E-state index >= 15 is 0 Å². The highest BCUT2D eigenvalue weighted by Crippen LogP contribution is 2.32. The number of carbonyl (C=O) groups excluding carboxylic acids is 2. The van der Waals surface area contributed by atoms with Crippen molar-refractivity contribution in [2.75, 3.05) is 33.9 Å². The standard InChI is InChI=1S/C27H29ClN4O2/c1-18-10-12-23(19(2)16-18)30-27(34)31-24-17-20(11-13-25(24)32-14-6-3-7-15-32)29-26(33)21-8-4-5-9-22(21)28/h4-5,8-13,16-17H,3,6-7,14-15H2,1-2H3,(H,29,33)(H2,30,31,34). The maximum atomic E-state index is 12.9. The number of hydrogen-bond acceptors (Lipinski definition) is 3. The third-order valence-electron chi connectivity index (χ3n) is 5.95. The van der Waals surface area contributed by atoms with Crippen molar-refractivity contribution in [3.8, 4) is 0 Å². The van der Waals surface area contributed by atoms with Gasteiger partial charge in [0.2, 0.25) is 0 Å². The molecular formula is C27H29ClN4O2. The summed E-state index contributed by atoms with van der Waals surface area (Å²) in [5.74, 6) is -0.304. The van der Waals surface area contributed by atoms with Crippen LogP contribution in [0.25, 0.3) is 0 Å². The SMILES string of the molecule is Cc1ccc(NC(=O)Nc2cc(NC(=O)c3ccccc3Cl)ccc2N2CCCCC2)c(C)c1. The van der Waals surface area contributed by atoms with E-state index in [1.54, 1.807) is 30.3 Å². The zero-order valence-corrected chi connectivity index (χ0v) is 20.2. The van der Waals surface area contributed by atoms with Crippen LogP contribution in [0.4, 0.5) is 27.5 Å². The van der Waals surface area contributed by atoms with Gasteiger partial charge in [-0.1, -0.05) is 41.4 Å². The molecule has 1 heterocycles. The number of piperidine rings is 1. The molecule has 0 atom stereocenters. The number of rotatable bonds is 5. The highest BCUT2D eigenvalue weighted by atomic mass is 35.5. The predicted molar refractivity (Wildman–Crippen MR) is 140 cm³/mol. The number of aryl methyl sites for hydroxylation is 2. The zero-order valence-electron chi connectivity index (χ0n) is 19.5. The molecule has 0 radical (unpaired) electrons. The molecule has 0 unspecified atom stereocenters. The number of benzene rings is 3. The summed E-state index contributed by atoms with van der Waals surface area (Å²) in [5, 5.41) is 9.21. The second-order valence-electron chi connectivity index (χ2n) is 8.61. The first kappa shape index (κ1) is 23.6. The molecule has 1 saturated heterocycles. The largest absolute Gasteiger partial charge is 0.370 e. The minimum atomic E-state index is -0.334. The van der Waals surface area contributed by atoms with Gasteiger partial charge in [-0.15, -0.1) is 0 Å². The topological polar surface area (TPSA) is 73.5 Å². The number of nitrogens with one attached hydrogen (secondary N) is 3. The maximum Gasteiger partial charge on any atom is 0.323 e. The van der Waals surface area contributed by atoms with Crippen molar-refractivity contribution in [3.05, 3.63) is 82.4 Å². The van der Waals surface area contributed by atoms with Crippen molar-refractivity contribution < 1.29 is 9.59 Å². The van der Waals surface area contributed by atoms with E-state index in [0.717, 1.165) is 48.4 Å². The Morgan fingerprint density at radius 2 is 1.56 bits per heavy atom. The van der Waals surface area contributed by atoms with E-state index in [9.17, 15) is 9.59 Å². The van der Waals surface area contributed by atoms with Gasteiger partial charge in [-0.2, -0.15) is 0 Å². The van der Waals surface area contributed by atoms with Crippen LogP contribution in [0.15, 0.2) is 60.7 Å². The quantitative estimate of drug-likeness (QED) is 0.377. The highest BCUT2D eigenvalue weighted by molar-refractivity contribution is 6.34. The van der Waals surface area contributed by atoms with Crippen LogP contribution < -0.4 is 20.9 Å². The summed E-state index contributed by atoms with van der Waals surface area (Å²) < 4.78 is 0. The second kappa shape index (κ2) is 10.6. The average Bonchev–Trinajstić information content (AvgIpc) is 2.82. The third kappa shape index (κ3) is 5.69. The lowest BCUT2D eigenvalue weighted by atomic mass is 10.1. The zero-order chi connectivity index (χ0) is 24.1. The van der Waals surface area contributed by atoms with Crippen LogP contribution in [-0.2, 0) is 0 Å². The lowest BCUT2D eigenvalue weighted by molar-refractivity contribution is 0.102. The Kier molecular flexibility index (Phi) is 7.38. The highest BCUT2D eigenvalue weighted by Gasteiger charge is 2.18. The first-order valence-electron chi connectivity index (χ1n) is 11.5.